The standard InChI is InChI=1S/C11H11F3INO2/c1-2-18-10(17)4-6-3-9(16)7(5-8(6)15)11(12,13)14/h3,5H,2,4,16H2,1H3. The maximum Gasteiger partial charge on any atom is 0.418 e. The number of carbonyl (C=O) groups excluding carboxylic acids is 1. The van der Waals surface area contributed by atoms with Crippen LogP contribution in [0.4, 0.5) is 18.9 Å². The number of nitrogens with two attached hydrogens (primary N) is 1. The van der Waals surface area contributed by atoms with Gasteiger partial charge in [0.2, 0.25) is 0 Å². The number of alkyl halides is 3. The van der Waals surface area contributed by atoms with Crippen molar-refractivity contribution in [2.24, 2.45) is 0 Å². The molecule has 0 aliphatic carbocycles. The van der Waals surface area contributed by atoms with E-state index in [1.54, 1.807) is 29.5 Å². The van der Waals surface area contributed by atoms with Crippen molar-refractivity contribution in [3.05, 3.63) is 26.8 Å². The van der Waals surface area contributed by atoms with Crippen molar-refractivity contribution in [2.45, 2.75) is 19.5 Å². The molecule has 0 bridgehead atoms. The number of hydrogen-bond acceptors (Lipinski definition) is 3. The average Bonchev–Trinajstić information content (AvgIpc) is 2.21. The van der Waals surface area contributed by atoms with E-state index in [4.69, 9.17) is 10.5 Å². The van der Waals surface area contributed by atoms with E-state index < -0.39 is 17.7 Å². The molecule has 0 spiro atoms. The Morgan fingerprint density at radius 2 is 2.06 bits per heavy atom. The minimum absolute atomic E-state index is 0.0888. The van der Waals surface area contributed by atoms with Gasteiger partial charge in [-0.05, 0) is 47.2 Å². The van der Waals surface area contributed by atoms with Crippen LogP contribution in [0.15, 0.2) is 12.1 Å². The fraction of sp³-hybridized carbons (Fsp3) is 0.364. The lowest BCUT2D eigenvalue weighted by atomic mass is 10.1. The van der Waals surface area contributed by atoms with E-state index in [1.165, 1.54) is 6.07 Å². The molecule has 1 rings (SSSR count). The van der Waals surface area contributed by atoms with Gasteiger partial charge in [0.05, 0.1) is 18.6 Å². The van der Waals surface area contributed by atoms with Crippen LogP contribution in [0, 0.1) is 3.57 Å². The second kappa shape index (κ2) is 5.77. The van der Waals surface area contributed by atoms with Crippen LogP contribution in [0.5, 0.6) is 0 Å². The lowest BCUT2D eigenvalue weighted by molar-refractivity contribution is -0.142. The van der Waals surface area contributed by atoms with Crippen LogP contribution in [0.1, 0.15) is 18.1 Å². The molecule has 0 unspecified atom stereocenters. The zero-order chi connectivity index (χ0) is 13.9. The molecule has 7 heteroatoms. The molecule has 0 aromatic heterocycles. The summed E-state index contributed by atoms with van der Waals surface area (Å²) in [7, 11) is 0. The first-order chi connectivity index (χ1) is 8.25. The van der Waals surface area contributed by atoms with E-state index in [0.29, 0.717) is 9.13 Å². The molecular weight excluding hydrogens is 362 g/mol. The smallest absolute Gasteiger partial charge is 0.418 e. The molecule has 0 amide bonds. The van der Waals surface area contributed by atoms with Gasteiger partial charge >= 0.3 is 12.1 Å². The number of ether oxygens (including phenoxy) is 1. The summed E-state index contributed by atoms with van der Waals surface area (Å²) in [4.78, 5) is 11.3. The molecule has 1 aromatic carbocycles. The summed E-state index contributed by atoms with van der Waals surface area (Å²) in [5.41, 5.74) is 4.50. The van der Waals surface area contributed by atoms with Crippen LogP contribution in [-0.4, -0.2) is 12.6 Å². The zero-order valence-corrected chi connectivity index (χ0v) is 11.6. The second-order valence-corrected chi connectivity index (χ2v) is 4.67. The molecule has 1 aromatic rings. The molecule has 18 heavy (non-hydrogen) atoms. The topological polar surface area (TPSA) is 52.3 Å². The Balaban J connectivity index is 3.04. The minimum Gasteiger partial charge on any atom is -0.466 e. The number of rotatable bonds is 3. The van der Waals surface area contributed by atoms with Gasteiger partial charge < -0.3 is 10.5 Å². The third kappa shape index (κ3) is 3.76. The third-order valence-electron chi connectivity index (χ3n) is 2.16. The highest BCUT2D eigenvalue weighted by Gasteiger charge is 2.33. The van der Waals surface area contributed by atoms with E-state index in [2.05, 4.69) is 0 Å². The zero-order valence-electron chi connectivity index (χ0n) is 9.47. The third-order valence-corrected chi connectivity index (χ3v) is 3.17. The van der Waals surface area contributed by atoms with Crippen LogP contribution in [0.3, 0.4) is 0 Å². The quantitative estimate of drug-likeness (QED) is 0.504. The second-order valence-electron chi connectivity index (χ2n) is 3.51. The lowest BCUT2D eigenvalue weighted by Crippen LogP contribution is -2.13. The van der Waals surface area contributed by atoms with Crippen molar-refractivity contribution < 1.29 is 22.7 Å². The van der Waals surface area contributed by atoms with Gasteiger partial charge in [-0.15, -0.1) is 0 Å². The van der Waals surface area contributed by atoms with Gasteiger partial charge in [0.15, 0.2) is 0 Å². The molecule has 2 N–H and O–H groups in total. The summed E-state index contributed by atoms with van der Waals surface area (Å²) < 4.78 is 42.8. The number of benzene rings is 1. The van der Waals surface area contributed by atoms with Crippen molar-refractivity contribution >= 4 is 34.2 Å². The van der Waals surface area contributed by atoms with Crippen molar-refractivity contribution in [1.29, 1.82) is 0 Å². The predicted molar refractivity (Wildman–Crippen MR) is 68.9 cm³/mol. The predicted octanol–water partition coefficient (Wildman–Crippen LogP) is 3.00. The number of anilines is 1. The Morgan fingerprint density at radius 1 is 1.44 bits per heavy atom. The molecule has 0 aliphatic rings. The van der Waals surface area contributed by atoms with Crippen molar-refractivity contribution in [2.75, 3.05) is 12.3 Å². The fourth-order valence-electron chi connectivity index (χ4n) is 1.39. The number of nitrogen functional groups attached to an aromatic ring is 1. The van der Waals surface area contributed by atoms with Crippen LogP contribution < -0.4 is 5.73 Å². The maximum atomic E-state index is 12.6. The van der Waals surface area contributed by atoms with Crippen LogP contribution in [-0.2, 0) is 22.1 Å². The van der Waals surface area contributed by atoms with Crippen LogP contribution >= 0.6 is 22.6 Å². The van der Waals surface area contributed by atoms with Gasteiger partial charge in [-0.25, -0.2) is 0 Å². The molecule has 100 valence electrons. The Labute approximate surface area is 116 Å². The highest BCUT2D eigenvalue weighted by atomic mass is 127. The van der Waals surface area contributed by atoms with Gasteiger partial charge in [-0.1, -0.05) is 0 Å². The van der Waals surface area contributed by atoms with Crippen molar-refractivity contribution in [3.63, 3.8) is 0 Å². The molecule has 0 saturated carbocycles. The minimum atomic E-state index is -4.49. The molecule has 0 fully saturated rings. The monoisotopic (exact) mass is 373 g/mol. The van der Waals surface area contributed by atoms with Gasteiger partial charge in [-0.3, -0.25) is 4.79 Å². The van der Waals surface area contributed by atoms with E-state index in [0.717, 1.165) is 6.07 Å². The van der Waals surface area contributed by atoms with E-state index in [9.17, 15) is 18.0 Å². The largest absolute Gasteiger partial charge is 0.466 e. The summed E-state index contributed by atoms with van der Waals surface area (Å²) in [5.74, 6) is -0.491. The maximum absolute atomic E-state index is 12.6. The first-order valence-electron chi connectivity index (χ1n) is 5.06. The lowest BCUT2D eigenvalue weighted by Gasteiger charge is -2.13. The highest BCUT2D eigenvalue weighted by molar-refractivity contribution is 14.1. The van der Waals surface area contributed by atoms with Crippen molar-refractivity contribution in [1.82, 2.24) is 0 Å². The van der Waals surface area contributed by atoms with E-state index in [-0.39, 0.29) is 18.7 Å². The molecular formula is C11H11F3INO2. The Kier molecular flexibility index (Phi) is 4.83. The summed E-state index contributed by atoms with van der Waals surface area (Å²) >= 11 is 1.74. The van der Waals surface area contributed by atoms with Gasteiger partial charge in [0, 0.05) is 9.26 Å². The van der Waals surface area contributed by atoms with E-state index in [1.807, 2.05) is 0 Å². The highest BCUT2D eigenvalue weighted by Crippen LogP contribution is 2.35. The van der Waals surface area contributed by atoms with E-state index >= 15 is 0 Å². The summed E-state index contributed by atoms with van der Waals surface area (Å²) in [6.45, 7) is 1.88. The van der Waals surface area contributed by atoms with Gasteiger partial charge in [0.25, 0.3) is 0 Å². The van der Waals surface area contributed by atoms with Crippen LogP contribution in [0.25, 0.3) is 0 Å². The number of hydrogen-bond donors (Lipinski definition) is 1. The molecule has 3 nitrogen and oxygen atoms in total. The van der Waals surface area contributed by atoms with Crippen molar-refractivity contribution in [3.8, 4) is 0 Å². The first kappa shape index (κ1) is 15.1. The first-order valence-corrected chi connectivity index (χ1v) is 6.14. The number of esters is 1. The number of carbonyl (C=O) groups is 1. The summed E-state index contributed by atoms with van der Waals surface area (Å²) in [6, 6.07) is 2.10. The average molecular weight is 373 g/mol. The Hall–Kier alpha value is -0.990. The SMILES string of the molecule is CCOC(=O)Cc1cc(N)c(C(F)(F)F)cc1I. The molecule has 0 atom stereocenters. The molecule has 0 aliphatic heterocycles. The Morgan fingerprint density at radius 3 is 2.56 bits per heavy atom. The molecule has 0 heterocycles. The summed E-state index contributed by atoms with van der Waals surface area (Å²) in [6.07, 6.45) is -4.58. The Bertz CT molecular complexity index is 460. The molecule has 0 radical (unpaired) electrons. The summed E-state index contributed by atoms with van der Waals surface area (Å²) in [5, 5.41) is 0. The van der Waals surface area contributed by atoms with Gasteiger partial charge in [-0.2, -0.15) is 13.2 Å². The van der Waals surface area contributed by atoms with Gasteiger partial charge in [0.1, 0.15) is 0 Å². The molecule has 0 saturated heterocycles. The van der Waals surface area contributed by atoms with Crippen LogP contribution in [0.2, 0.25) is 0 Å². The fourth-order valence-corrected chi connectivity index (χ4v) is 2.04. The normalized spacial score (nSPS) is 11.4. The number of halogens is 4.